The Bertz CT molecular complexity index is 2380. The van der Waals surface area contributed by atoms with E-state index < -0.39 is 17.4 Å². The number of hydrogen-bond donors (Lipinski definition) is 3. The predicted octanol–water partition coefficient (Wildman–Crippen LogP) is 7.72. The minimum atomic E-state index is -0.508. The van der Waals surface area contributed by atoms with Crippen molar-refractivity contribution in [3.63, 3.8) is 0 Å². The molecule has 5 aromatic rings. The second-order valence-corrected chi connectivity index (χ2v) is 17.1. The molecule has 3 N–H and O–H groups in total. The van der Waals surface area contributed by atoms with Crippen molar-refractivity contribution in [1.82, 2.24) is 35.3 Å². The van der Waals surface area contributed by atoms with Crippen LogP contribution in [0.2, 0.25) is 0 Å². The number of aromatic nitrogens is 4. The summed E-state index contributed by atoms with van der Waals surface area (Å²) in [7, 11) is 1.65. The summed E-state index contributed by atoms with van der Waals surface area (Å²) in [6, 6.07) is 19.5. The average Bonchev–Trinajstić information content (AvgIpc) is 3.70. The van der Waals surface area contributed by atoms with Crippen molar-refractivity contribution >= 4 is 34.6 Å². The van der Waals surface area contributed by atoms with Crippen LogP contribution in [0.4, 0.5) is 10.5 Å². The molecule has 0 atom stereocenters. The van der Waals surface area contributed by atoms with E-state index in [1.54, 1.807) is 25.3 Å². The number of fused-ring (bicyclic) bond motifs is 1. The van der Waals surface area contributed by atoms with Gasteiger partial charge in [0.1, 0.15) is 22.7 Å². The van der Waals surface area contributed by atoms with Crippen LogP contribution >= 0.6 is 0 Å². The van der Waals surface area contributed by atoms with Gasteiger partial charge in [0, 0.05) is 68.8 Å². The fourth-order valence-electron chi connectivity index (χ4n) is 8.26. The Morgan fingerprint density at radius 1 is 0.855 bits per heavy atom. The number of rotatable bonds is 14. The topological polar surface area (TPSA) is 162 Å². The molecule has 0 saturated carbocycles. The van der Waals surface area contributed by atoms with E-state index >= 15 is 0 Å². The maximum absolute atomic E-state index is 13.6. The number of amides is 3. The molecule has 62 heavy (non-hydrogen) atoms. The highest BCUT2D eigenvalue weighted by atomic mass is 16.6. The summed E-state index contributed by atoms with van der Waals surface area (Å²) in [6.45, 7) is 13.7. The van der Waals surface area contributed by atoms with E-state index in [1.807, 2.05) is 61.7 Å². The number of carbonyl (C=O) groups is 3. The first-order valence-corrected chi connectivity index (χ1v) is 21.9. The van der Waals surface area contributed by atoms with Gasteiger partial charge < -0.3 is 35.1 Å². The summed E-state index contributed by atoms with van der Waals surface area (Å²) in [5.41, 5.74) is 7.35. The Morgan fingerprint density at radius 2 is 1.56 bits per heavy atom. The Morgan fingerprint density at radius 3 is 2.24 bits per heavy atom. The highest BCUT2D eigenvalue weighted by Crippen LogP contribution is 2.34. The lowest BCUT2D eigenvalue weighted by Crippen LogP contribution is -2.42. The molecule has 3 aromatic heterocycles. The number of anilines is 1. The Labute approximate surface area is 364 Å². The second-order valence-electron chi connectivity index (χ2n) is 17.1. The average molecular weight is 845 g/mol. The molecule has 0 spiro atoms. The lowest BCUT2D eigenvalue weighted by atomic mass is 9.89. The molecule has 7 rings (SSSR count). The summed E-state index contributed by atoms with van der Waals surface area (Å²) < 4.78 is 18.8. The number of aryl methyl sites for hydroxylation is 2. The van der Waals surface area contributed by atoms with E-state index in [2.05, 4.69) is 57.2 Å². The number of hydrogen-bond acceptors (Lipinski definition) is 10. The molecular formula is C48H60N8O6. The lowest BCUT2D eigenvalue weighted by molar-refractivity contribution is 0.0184. The van der Waals surface area contributed by atoms with Crippen LogP contribution in [0, 0.1) is 5.92 Å². The lowest BCUT2D eigenvalue weighted by Gasteiger charge is -2.33. The summed E-state index contributed by atoms with van der Waals surface area (Å²) >= 11 is 0. The number of benzene rings is 2. The van der Waals surface area contributed by atoms with Crippen molar-refractivity contribution in [2.24, 2.45) is 5.92 Å². The summed E-state index contributed by atoms with van der Waals surface area (Å²) in [5.74, 6) is 0.403. The molecule has 0 radical (unpaired) electrons. The molecule has 0 aliphatic carbocycles. The quantitative estimate of drug-likeness (QED) is 0.101. The third-order valence-corrected chi connectivity index (χ3v) is 11.6. The van der Waals surface area contributed by atoms with E-state index in [9.17, 15) is 14.4 Å². The number of nitrogens with one attached hydrogen (secondary N) is 3. The Hall–Kier alpha value is -6.02. The first-order chi connectivity index (χ1) is 29.9. The van der Waals surface area contributed by atoms with Crippen LogP contribution in [-0.2, 0) is 41.9 Å². The van der Waals surface area contributed by atoms with Crippen LogP contribution in [-0.4, -0.2) is 87.6 Å². The summed E-state index contributed by atoms with van der Waals surface area (Å²) in [5, 5.41) is 15.3. The smallest absolute Gasteiger partial charge is 0.410 e. The Kier molecular flexibility index (Phi) is 14.1. The molecule has 14 nitrogen and oxygen atoms in total. The highest BCUT2D eigenvalue weighted by Gasteiger charge is 2.27. The van der Waals surface area contributed by atoms with Crippen LogP contribution in [0.25, 0.3) is 22.2 Å². The molecule has 2 fully saturated rings. The van der Waals surface area contributed by atoms with Gasteiger partial charge in [-0.2, -0.15) is 5.10 Å². The number of ether oxygens (including phenoxy) is 3. The number of piperidine rings is 1. The minimum Gasteiger partial charge on any atom is -0.496 e. The fraction of sp³-hybridized carbons (Fsp3) is 0.458. The largest absolute Gasteiger partial charge is 0.496 e. The standard InChI is InChI=1S/C48H60N8O6/c1-7-39-37(43(52-35-19-23-61-24-20-35)38-30-51-56(8-2)44(38)54-39)29-50-46(58)41-14-10-13-40(53-41)45(57)49-28-33-15-16-42(60-6)36(27-33)34-12-9-11-32(26-34)25-31-17-21-55(22-18-31)47(59)62-48(3,4)5/h9-16,26-27,30-31,35H,7-8,17-25,28-29H2,1-6H3,(H,49,57)(H,50,58)(H,52,54). The SMILES string of the molecule is CCc1nc2c(cnn2CC)c(NC2CCOCC2)c1CNC(=O)c1cccc(C(=O)NCc2ccc(OC)c(-c3cccc(CC4CCN(C(=O)OC(C)(C)C)CC4)c3)c2)n1. The van der Waals surface area contributed by atoms with E-state index in [4.69, 9.17) is 19.2 Å². The van der Waals surface area contributed by atoms with E-state index in [-0.39, 0.29) is 36.6 Å². The molecule has 0 unspecified atom stereocenters. The van der Waals surface area contributed by atoms with Crippen molar-refractivity contribution in [1.29, 1.82) is 0 Å². The van der Waals surface area contributed by atoms with Gasteiger partial charge in [0.2, 0.25) is 0 Å². The molecule has 3 amide bonds. The number of nitrogens with zero attached hydrogens (tertiary/aromatic N) is 5. The monoisotopic (exact) mass is 844 g/mol. The summed E-state index contributed by atoms with van der Waals surface area (Å²) in [4.78, 5) is 50.9. The maximum atomic E-state index is 13.6. The van der Waals surface area contributed by atoms with Crippen LogP contribution in [0.1, 0.15) is 104 Å². The minimum absolute atomic E-state index is 0.141. The molecule has 2 saturated heterocycles. The zero-order chi connectivity index (χ0) is 43.8. The highest BCUT2D eigenvalue weighted by molar-refractivity contribution is 5.97. The van der Waals surface area contributed by atoms with Crippen molar-refractivity contribution < 1.29 is 28.6 Å². The van der Waals surface area contributed by atoms with Crippen molar-refractivity contribution in [3.05, 3.63) is 101 Å². The number of likely N-dealkylation sites (tertiary alicyclic amines) is 1. The van der Waals surface area contributed by atoms with Gasteiger partial charge in [-0.05, 0) is 113 Å². The van der Waals surface area contributed by atoms with Gasteiger partial charge in [-0.15, -0.1) is 0 Å². The third-order valence-electron chi connectivity index (χ3n) is 11.6. The predicted molar refractivity (Wildman–Crippen MR) is 239 cm³/mol. The van der Waals surface area contributed by atoms with Crippen molar-refractivity contribution in [2.45, 2.75) is 104 Å². The van der Waals surface area contributed by atoms with Gasteiger partial charge in [-0.1, -0.05) is 43.3 Å². The van der Waals surface area contributed by atoms with Gasteiger partial charge in [0.15, 0.2) is 5.65 Å². The van der Waals surface area contributed by atoms with Gasteiger partial charge in [-0.3, -0.25) is 9.59 Å². The van der Waals surface area contributed by atoms with Crippen molar-refractivity contribution in [2.75, 3.05) is 38.7 Å². The number of carbonyl (C=O) groups excluding carboxylic acids is 3. The molecule has 5 heterocycles. The van der Waals surface area contributed by atoms with Crippen LogP contribution in [0.15, 0.2) is 66.9 Å². The Balaban J connectivity index is 0.989. The van der Waals surface area contributed by atoms with Crippen LogP contribution in [0.3, 0.4) is 0 Å². The fourth-order valence-corrected chi connectivity index (χ4v) is 8.26. The van der Waals surface area contributed by atoms with E-state index in [1.165, 1.54) is 5.56 Å². The molecule has 0 bridgehead atoms. The van der Waals surface area contributed by atoms with E-state index in [0.717, 1.165) is 82.5 Å². The van der Waals surface area contributed by atoms with E-state index in [0.29, 0.717) is 45.2 Å². The molecule has 2 aliphatic heterocycles. The third kappa shape index (κ3) is 10.7. The maximum Gasteiger partial charge on any atom is 0.410 e. The van der Waals surface area contributed by atoms with Crippen LogP contribution in [0.5, 0.6) is 5.75 Å². The van der Waals surface area contributed by atoms with Gasteiger partial charge >= 0.3 is 6.09 Å². The van der Waals surface area contributed by atoms with Crippen molar-refractivity contribution in [3.8, 4) is 16.9 Å². The normalized spacial score (nSPS) is 15.0. The molecular weight excluding hydrogens is 785 g/mol. The first-order valence-electron chi connectivity index (χ1n) is 21.9. The molecule has 2 aromatic carbocycles. The second kappa shape index (κ2) is 19.8. The zero-order valence-corrected chi connectivity index (χ0v) is 36.9. The van der Waals surface area contributed by atoms with Crippen LogP contribution < -0.4 is 20.7 Å². The summed E-state index contributed by atoms with van der Waals surface area (Å²) in [6.07, 6.45) is 6.78. The number of methoxy groups -OCH3 is 1. The van der Waals surface area contributed by atoms with Gasteiger partial charge in [0.25, 0.3) is 11.8 Å². The molecule has 14 heteroatoms. The molecule has 2 aliphatic rings. The van der Waals surface area contributed by atoms with Gasteiger partial charge in [-0.25, -0.2) is 19.4 Å². The first kappa shape index (κ1) is 44.0. The number of pyridine rings is 2. The van der Waals surface area contributed by atoms with Gasteiger partial charge in [0.05, 0.1) is 24.4 Å². The zero-order valence-electron chi connectivity index (χ0n) is 36.9. The molecule has 328 valence electrons.